The Kier molecular flexibility index (Phi) is 25.2. The summed E-state index contributed by atoms with van der Waals surface area (Å²) in [7, 11) is 0. The number of hydrogen-bond acceptors (Lipinski definition) is 11. The maximum Gasteiger partial charge on any atom is 1.00 e. The van der Waals surface area contributed by atoms with Gasteiger partial charge in [0, 0.05) is 56.4 Å². The molecule has 20 heteroatoms. The number of pyridine rings is 2. The van der Waals surface area contributed by atoms with Crippen molar-refractivity contribution in [3.8, 4) is 86.0 Å². The van der Waals surface area contributed by atoms with Crippen LogP contribution in [0.5, 0.6) is 40.2 Å². The zero-order valence-electron chi connectivity index (χ0n) is 57.4. The van der Waals surface area contributed by atoms with E-state index in [0.29, 0.717) is 33.2 Å². The maximum atomic E-state index is 13.8. The molecule has 106 heavy (non-hydrogen) atoms. The summed E-state index contributed by atoms with van der Waals surface area (Å²) in [4.78, 5) is 30.1. The number of phenolic OH excluding ortho intramolecular Hbond substituents is 1. The molecule has 0 unspecified atom stereocenters. The minimum atomic E-state index is -0.356. The second kappa shape index (κ2) is 35.1. The SMILES string of the molecule is Brc1c(Oc2ccc(-c3nc4ccccc4n3-c3ccccc3)cc2)cccc1Oc1ccc2c(c1)c1ccccc1n2-c1ccccn1.C.Fc1cccc(Oc2ccc3c(c2)c2ccccc2n3-c2ccccn2)c1Br.O=CO[O-].Oc1ccc(-c2nc3ccccc3n2-c2ccccc2)cc1.[H-].[K+].[K+]. The number of nitrogens with zero attached hydrogens (tertiary/aromatic N) is 8. The largest absolute Gasteiger partial charge is 1.00 e. The van der Waals surface area contributed by atoms with Crippen LogP contribution < -0.4 is 122 Å². The molecule has 12 aromatic carbocycles. The number of aromatic nitrogens is 8. The van der Waals surface area contributed by atoms with Gasteiger partial charge >= 0.3 is 103 Å². The normalized spacial score (nSPS) is 10.7. The van der Waals surface area contributed by atoms with Crippen molar-refractivity contribution >= 4 is 104 Å². The number of benzene rings is 12. The summed E-state index contributed by atoms with van der Waals surface area (Å²) in [5.74, 6) is 7.17. The van der Waals surface area contributed by atoms with E-state index in [4.69, 9.17) is 34.2 Å². The zero-order valence-corrected chi connectivity index (χ0v) is 65.8. The summed E-state index contributed by atoms with van der Waals surface area (Å²) in [6, 6.07) is 103. The van der Waals surface area contributed by atoms with Crippen molar-refractivity contribution in [2.75, 3.05) is 0 Å². The number of imidazole rings is 2. The number of aromatic hydroxyl groups is 1. The first kappa shape index (κ1) is 75.9. The molecule has 18 aromatic rings. The molecule has 0 amide bonds. The fraction of sp³-hybridized carbons (Fsp3) is 0.0116. The molecular formula is C86H61Br2FK2N8O7. The number of rotatable bonds is 13. The molecule has 18 rings (SSSR count). The van der Waals surface area contributed by atoms with Gasteiger partial charge in [0.05, 0.1) is 48.6 Å². The van der Waals surface area contributed by atoms with Crippen molar-refractivity contribution in [3.63, 3.8) is 0 Å². The Morgan fingerprint density at radius 1 is 0.387 bits per heavy atom. The van der Waals surface area contributed by atoms with Crippen molar-refractivity contribution in [1.82, 2.24) is 38.2 Å². The molecule has 0 aliphatic heterocycles. The Balaban J connectivity index is 0.000000167. The van der Waals surface area contributed by atoms with Crippen molar-refractivity contribution in [2.45, 2.75) is 7.43 Å². The Labute approximate surface area is 712 Å². The summed E-state index contributed by atoms with van der Waals surface area (Å²) < 4.78 is 42.3. The molecule has 1 N–H and O–H groups in total. The first-order valence-corrected chi connectivity index (χ1v) is 34.1. The Morgan fingerprint density at radius 3 is 1.20 bits per heavy atom. The molecular weight excluding hydrogens is 1510 g/mol. The molecule has 0 aliphatic carbocycles. The van der Waals surface area contributed by atoms with Crippen LogP contribution in [0.4, 0.5) is 4.39 Å². The standard InChI is InChI=1S/C42H27BrN4O2.C23H14BrFN2O.C19H14N2O.CH2O3.CH4.2K.H/c43-41-38(48-30-22-20-28(21-23-30)42-45-34-14-5-7-16-37(34)46(42)29-11-2-1-3-12-29)17-10-18-39(41)49-31-24-25-36-33(27-31)32-13-4-6-15-35(32)47(36)40-19-8-9-26-44-40;24-23-18(25)7-5-9-21(23)28-15-11-12-20-17(14-15)16-6-1-2-8-19(16)27(20)22-10-3-4-13-26-22;22-16-12-10-14(11-13-16)19-20-17-8-4-5-9-18(17)21(19)15-6-2-1-3-7-15;2-1-4-3;;;;/h1-27H;1-14H;1-13,22H;1,3H;1H4;;;/q;;;;;2*+1;-1/p-1. The van der Waals surface area contributed by atoms with E-state index in [1.165, 1.54) is 6.07 Å². The van der Waals surface area contributed by atoms with Gasteiger partial charge in [-0.1, -0.05) is 129 Å². The van der Waals surface area contributed by atoms with Crippen LogP contribution in [0.2, 0.25) is 0 Å². The Morgan fingerprint density at radius 2 is 0.755 bits per heavy atom. The minimum absolute atomic E-state index is 0. The Bertz CT molecular complexity index is 6060. The van der Waals surface area contributed by atoms with E-state index in [-0.39, 0.29) is 130 Å². The summed E-state index contributed by atoms with van der Waals surface area (Å²) in [6.07, 6.45) is 3.60. The summed E-state index contributed by atoms with van der Waals surface area (Å²) in [5.41, 5.74) is 12.4. The quantitative estimate of drug-likeness (QED) is 0.0505. The van der Waals surface area contributed by atoms with E-state index in [2.05, 4.69) is 150 Å². The van der Waals surface area contributed by atoms with Gasteiger partial charge < -0.3 is 30.9 Å². The predicted octanol–water partition coefficient (Wildman–Crippen LogP) is 16.0. The molecule has 510 valence electrons. The minimum Gasteiger partial charge on any atom is -1.00 e. The first-order chi connectivity index (χ1) is 50.7. The van der Waals surface area contributed by atoms with Crippen molar-refractivity contribution in [2.24, 2.45) is 0 Å². The van der Waals surface area contributed by atoms with E-state index < -0.39 is 0 Å². The van der Waals surface area contributed by atoms with Gasteiger partial charge in [-0.3, -0.25) is 23.1 Å². The van der Waals surface area contributed by atoms with Crippen LogP contribution in [0, 0.1) is 5.82 Å². The van der Waals surface area contributed by atoms with E-state index in [1.54, 1.807) is 30.5 Å². The average molecular weight is 1580 g/mol. The van der Waals surface area contributed by atoms with Gasteiger partial charge in [-0.05, 0) is 226 Å². The Hall–Kier alpha value is -9.73. The van der Waals surface area contributed by atoms with Gasteiger partial charge in [0.25, 0.3) is 6.47 Å². The van der Waals surface area contributed by atoms with E-state index >= 15 is 0 Å². The summed E-state index contributed by atoms with van der Waals surface area (Å²) in [6.45, 7) is -0.181. The molecule has 0 saturated heterocycles. The molecule has 0 spiro atoms. The molecule has 0 atom stereocenters. The van der Waals surface area contributed by atoms with E-state index in [0.717, 1.165) is 122 Å². The average Bonchev–Trinajstić information content (AvgIpc) is 1.46. The molecule has 6 aromatic heterocycles. The fourth-order valence-corrected chi connectivity index (χ4v) is 13.3. The monoisotopic (exact) mass is 1570 g/mol. The van der Waals surface area contributed by atoms with Crippen LogP contribution in [0.25, 0.3) is 111 Å². The fourth-order valence-electron chi connectivity index (χ4n) is 12.5. The summed E-state index contributed by atoms with van der Waals surface area (Å²) in [5, 5.41) is 22.3. The van der Waals surface area contributed by atoms with Crippen molar-refractivity contribution in [1.29, 1.82) is 0 Å². The third-order valence-electron chi connectivity index (χ3n) is 17.0. The zero-order chi connectivity index (χ0) is 70.2. The topological polar surface area (TPSA) is 169 Å². The molecule has 15 nitrogen and oxygen atoms in total. The first-order valence-electron chi connectivity index (χ1n) is 32.5. The third kappa shape index (κ3) is 16.2. The molecule has 0 bridgehead atoms. The number of ether oxygens (including phenoxy) is 3. The predicted molar refractivity (Wildman–Crippen MR) is 415 cm³/mol. The number of halogens is 3. The van der Waals surface area contributed by atoms with E-state index in [1.807, 2.05) is 206 Å². The van der Waals surface area contributed by atoms with Gasteiger partial charge in [0.1, 0.15) is 73.8 Å². The van der Waals surface area contributed by atoms with Crippen LogP contribution >= 0.6 is 31.9 Å². The van der Waals surface area contributed by atoms with E-state index in [9.17, 15) is 9.50 Å². The number of carbonyl (C=O) groups is 1. The third-order valence-corrected chi connectivity index (χ3v) is 18.6. The van der Waals surface area contributed by atoms with Crippen LogP contribution in [0.15, 0.2) is 337 Å². The second-order valence-electron chi connectivity index (χ2n) is 23.3. The molecule has 0 radical (unpaired) electrons. The number of hydrogen-bond donors (Lipinski definition) is 1. The summed E-state index contributed by atoms with van der Waals surface area (Å²) >= 11 is 7.00. The molecule has 0 aliphatic rings. The van der Waals surface area contributed by atoms with Gasteiger partial charge in [-0.2, -0.15) is 0 Å². The van der Waals surface area contributed by atoms with Crippen molar-refractivity contribution < 1.29 is 143 Å². The number of phenols is 1. The smallest absolute Gasteiger partial charge is 1.00 e. The molecule has 0 fully saturated rings. The molecule has 0 saturated carbocycles. The van der Waals surface area contributed by atoms with Gasteiger partial charge in [-0.25, -0.2) is 24.3 Å². The maximum absolute atomic E-state index is 13.8. The van der Waals surface area contributed by atoms with Crippen LogP contribution in [-0.4, -0.2) is 49.8 Å². The number of fused-ring (bicyclic) bond motifs is 8. The van der Waals surface area contributed by atoms with Gasteiger partial charge in [0.15, 0.2) is 0 Å². The van der Waals surface area contributed by atoms with Gasteiger partial charge in [0.2, 0.25) is 0 Å². The van der Waals surface area contributed by atoms with Crippen LogP contribution in [0.1, 0.15) is 8.85 Å². The second-order valence-corrected chi connectivity index (χ2v) is 24.9. The van der Waals surface area contributed by atoms with Crippen molar-refractivity contribution in [3.05, 3.63) is 343 Å². The number of carbonyl (C=O) groups excluding carboxylic acids is 1. The molecule has 6 heterocycles. The van der Waals surface area contributed by atoms with Gasteiger partial charge in [-0.15, -0.1) is 0 Å². The number of para-hydroxylation sites is 8. The van der Waals surface area contributed by atoms with Crippen LogP contribution in [-0.2, 0) is 9.68 Å². The van der Waals surface area contributed by atoms with Crippen LogP contribution in [0.3, 0.4) is 0 Å².